The summed E-state index contributed by atoms with van der Waals surface area (Å²) in [6.07, 6.45) is 3.95. The first-order chi connectivity index (χ1) is 9.60. The Hall–Kier alpha value is -1.55. The van der Waals surface area contributed by atoms with Crippen LogP contribution >= 0.6 is 0 Å². The van der Waals surface area contributed by atoms with Gasteiger partial charge in [-0.2, -0.15) is 0 Å². The number of carboxylic acid groups (broad SMARTS) is 1. The number of hydrogen-bond donors (Lipinski definition) is 2. The van der Waals surface area contributed by atoms with Crippen LogP contribution in [0.15, 0.2) is 24.3 Å². The summed E-state index contributed by atoms with van der Waals surface area (Å²) in [5.74, 6) is 0.472. The summed E-state index contributed by atoms with van der Waals surface area (Å²) >= 11 is 0. The zero-order valence-electron chi connectivity index (χ0n) is 12.1. The van der Waals surface area contributed by atoms with Crippen molar-refractivity contribution in [3.63, 3.8) is 0 Å². The molecule has 4 heteroatoms. The van der Waals surface area contributed by atoms with Gasteiger partial charge in [0.2, 0.25) is 0 Å². The number of rotatable bonds is 8. The highest BCUT2D eigenvalue weighted by Gasteiger charge is 2.36. The van der Waals surface area contributed by atoms with Crippen molar-refractivity contribution in [2.75, 3.05) is 7.11 Å². The van der Waals surface area contributed by atoms with Gasteiger partial charge >= 0.3 is 5.97 Å². The second-order valence-electron chi connectivity index (χ2n) is 5.61. The Balaban J connectivity index is 1.78. The number of carboxylic acids is 1. The molecule has 0 spiro atoms. The van der Waals surface area contributed by atoms with E-state index in [4.69, 9.17) is 4.74 Å². The Bertz CT molecular complexity index is 440. The van der Waals surface area contributed by atoms with Crippen LogP contribution in [0.5, 0.6) is 5.75 Å². The van der Waals surface area contributed by atoms with Crippen molar-refractivity contribution >= 4 is 5.97 Å². The first kappa shape index (κ1) is 14.9. The predicted molar refractivity (Wildman–Crippen MR) is 78.1 cm³/mol. The third-order valence-electron chi connectivity index (χ3n) is 3.85. The Kier molecular flexibility index (Phi) is 5.01. The molecule has 1 aliphatic rings. The molecule has 0 heterocycles. The molecule has 1 aromatic carbocycles. The van der Waals surface area contributed by atoms with E-state index in [-0.39, 0.29) is 12.1 Å². The van der Waals surface area contributed by atoms with Gasteiger partial charge in [0, 0.05) is 6.04 Å². The maximum atomic E-state index is 11.2. The van der Waals surface area contributed by atoms with Crippen molar-refractivity contribution in [2.45, 2.75) is 44.7 Å². The molecule has 0 aliphatic heterocycles. The molecule has 0 bridgehead atoms. The summed E-state index contributed by atoms with van der Waals surface area (Å²) in [4.78, 5) is 11.2. The third-order valence-corrected chi connectivity index (χ3v) is 3.85. The first-order valence-electron chi connectivity index (χ1n) is 7.22. The molecular weight excluding hydrogens is 254 g/mol. The van der Waals surface area contributed by atoms with Crippen LogP contribution in [0.4, 0.5) is 0 Å². The van der Waals surface area contributed by atoms with Crippen molar-refractivity contribution < 1.29 is 14.6 Å². The lowest BCUT2D eigenvalue weighted by molar-refractivity contribution is -0.140. The van der Waals surface area contributed by atoms with E-state index < -0.39 is 5.97 Å². The maximum absolute atomic E-state index is 11.2. The zero-order valence-corrected chi connectivity index (χ0v) is 12.1. The number of benzene rings is 1. The van der Waals surface area contributed by atoms with Gasteiger partial charge in [-0.05, 0) is 56.2 Å². The van der Waals surface area contributed by atoms with E-state index in [9.17, 15) is 9.90 Å². The second kappa shape index (κ2) is 6.75. The first-order valence-corrected chi connectivity index (χ1v) is 7.22. The molecule has 1 saturated carbocycles. The number of carbonyl (C=O) groups is 1. The van der Waals surface area contributed by atoms with Gasteiger partial charge in [-0.3, -0.25) is 4.79 Å². The van der Waals surface area contributed by atoms with Crippen LogP contribution in [0, 0.1) is 5.92 Å². The SMILES string of the molecule is COc1ccc(CCC(C)NC(C(=O)O)C2CC2)cc1. The Labute approximate surface area is 120 Å². The maximum Gasteiger partial charge on any atom is 0.320 e. The van der Waals surface area contributed by atoms with E-state index in [1.54, 1.807) is 7.11 Å². The number of methoxy groups -OCH3 is 1. The normalized spacial score (nSPS) is 17.5. The molecule has 2 unspecified atom stereocenters. The molecule has 1 aliphatic carbocycles. The molecule has 1 fully saturated rings. The standard InChI is InChI=1S/C16H23NO3/c1-11(17-15(16(18)19)13-7-8-13)3-4-12-5-9-14(20-2)10-6-12/h5-6,9-11,13,15,17H,3-4,7-8H2,1-2H3,(H,18,19). The summed E-state index contributed by atoms with van der Waals surface area (Å²) < 4.78 is 5.13. The van der Waals surface area contributed by atoms with Gasteiger partial charge in [0.05, 0.1) is 7.11 Å². The van der Waals surface area contributed by atoms with Gasteiger partial charge < -0.3 is 15.2 Å². The van der Waals surface area contributed by atoms with Crippen LogP contribution < -0.4 is 10.1 Å². The fourth-order valence-electron chi connectivity index (χ4n) is 2.40. The molecule has 2 N–H and O–H groups in total. The van der Waals surface area contributed by atoms with Crippen LogP contribution in [0.3, 0.4) is 0 Å². The van der Waals surface area contributed by atoms with Crippen LogP contribution in [0.1, 0.15) is 31.7 Å². The van der Waals surface area contributed by atoms with E-state index in [1.807, 2.05) is 12.1 Å². The Morgan fingerprint density at radius 2 is 2.05 bits per heavy atom. The number of hydrogen-bond acceptors (Lipinski definition) is 3. The van der Waals surface area contributed by atoms with Crippen LogP contribution in [0.25, 0.3) is 0 Å². The lowest BCUT2D eigenvalue weighted by Gasteiger charge is -2.20. The second-order valence-corrected chi connectivity index (χ2v) is 5.61. The largest absolute Gasteiger partial charge is 0.497 e. The van der Waals surface area contributed by atoms with Gasteiger partial charge in [0.15, 0.2) is 0 Å². The summed E-state index contributed by atoms with van der Waals surface area (Å²) in [5, 5.41) is 12.4. The predicted octanol–water partition coefficient (Wildman–Crippen LogP) is 2.47. The summed E-state index contributed by atoms with van der Waals surface area (Å²) in [6, 6.07) is 7.86. The van der Waals surface area contributed by atoms with E-state index in [0.29, 0.717) is 5.92 Å². The molecule has 0 radical (unpaired) electrons. The Morgan fingerprint density at radius 3 is 2.55 bits per heavy atom. The van der Waals surface area contributed by atoms with E-state index >= 15 is 0 Å². The molecule has 110 valence electrons. The minimum atomic E-state index is -0.719. The van der Waals surface area contributed by atoms with Gasteiger partial charge in [0.1, 0.15) is 11.8 Å². The highest BCUT2D eigenvalue weighted by atomic mass is 16.5. The third kappa shape index (κ3) is 4.23. The Morgan fingerprint density at radius 1 is 1.40 bits per heavy atom. The monoisotopic (exact) mass is 277 g/mol. The minimum absolute atomic E-state index is 0.207. The van der Waals surface area contributed by atoms with Crippen molar-refractivity contribution in [3.05, 3.63) is 29.8 Å². The van der Waals surface area contributed by atoms with E-state index in [0.717, 1.165) is 31.4 Å². The van der Waals surface area contributed by atoms with Crippen molar-refractivity contribution in [2.24, 2.45) is 5.92 Å². The molecule has 1 aromatic rings. The van der Waals surface area contributed by atoms with Crippen LogP contribution in [0.2, 0.25) is 0 Å². The quantitative estimate of drug-likeness (QED) is 0.766. The van der Waals surface area contributed by atoms with Gasteiger partial charge in [-0.1, -0.05) is 12.1 Å². The van der Waals surface area contributed by atoms with E-state index in [1.165, 1.54) is 5.56 Å². The summed E-state index contributed by atoms with van der Waals surface area (Å²) in [5.41, 5.74) is 1.25. The molecular formula is C16H23NO3. The van der Waals surface area contributed by atoms with Crippen molar-refractivity contribution in [1.82, 2.24) is 5.32 Å². The zero-order chi connectivity index (χ0) is 14.5. The van der Waals surface area contributed by atoms with E-state index in [2.05, 4.69) is 24.4 Å². The molecule has 0 amide bonds. The van der Waals surface area contributed by atoms with Gasteiger partial charge in [-0.15, -0.1) is 0 Å². The van der Waals surface area contributed by atoms with Crippen molar-refractivity contribution in [3.8, 4) is 5.75 Å². The average Bonchev–Trinajstić information content (AvgIpc) is 3.27. The number of aliphatic carboxylic acids is 1. The van der Waals surface area contributed by atoms with Crippen LogP contribution in [-0.2, 0) is 11.2 Å². The smallest absolute Gasteiger partial charge is 0.320 e. The topological polar surface area (TPSA) is 58.6 Å². The van der Waals surface area contributed by atoms with Crippen molar-refractivity contribution in [1.29, 1.82) is 0 Å². The average molecular weight is 277 g/mol. The number of nitrogens with one attached hydrogen (secondary N) is 1. The molecule has 0 aromatic heterocycles. The fourth-order valence-corrected chi connectivity index (χ4v) is 2.40. The lowest BCUT2D eigenvalue weighted by Crippen LogP contribution is -2.43. The molecule has 0 saturated heterocycles. The number of aryl methyl sites for hydroxylation is 1. The molecule has 4 nitrogen and oxygen atoms in total. The fraction of sp³-hybridized carbons (Fsp3) is 0.562. The van der Waals surface area contributed by atoms with Gasteiger partial charge in [0.25, 0.3) is 0 Å². The molecule has 2 rings (SSSR count). The lowest BCUT2D eigenvalue weighted by atomic mass is 10.0. The molecule has 2 atom stereocenters. The minimum Gasteiger partial charge on any atom is -0.497 e. The highest BCUT2D eigenvalue weighted by molar-refractivity contribution is 5.74. The number of ether oxygens (including phenoxy) is 1. The van der Waals surface area contributed by atoms with Gasteiger partial charge in [-0.25, -0.2) is 0 Å². The van der Waals surface area contributed by atoms with Crippen LogP contribution in [-0.4, -0.2) is 30.3 Å². The highest BCUT2D eigenvalue weighted by Crippen LogP contribution is 2.33. The molecule has 20 heavy (non-hydrogen) atoms. The summed E-state index contributed by atoms with van der Waals surface area (Å²) in [7, 11) is 1.66. The summed E-state index contributed by atoms with van der Waals surface area (Å²) in [6.45, 7) is 2.06.